The number of benzene rings is 2. The molecule has 0 aliphatic heterocycles. The molecule has 2 aromatic rings. The molecule has 6 nitrogen and oxygen atoms in total. The molecule has 140 valence electrons. The van der Waals surface area contributed by atoms with Crippen LogP contribution < -0.4 is 20.1 Å². The summed E-state index contributed by atoms with van der Waals surface area (Å²) >= 11 is 6.08. The van der Waals surface area contributed by atoms with Gasteiger partial charge >= 0.3 is 0 Å². The number of carbonyl (C=O) groups is 1. The Bertz CT molecular complexity index is 887. The summed E-state index contributed by atoms with van der Waals surface area (Å²) < 4.78 is 10.6. The summed E-state index contributed by atoms with van der Waals surface area (Å²) in [5.74, 6) is 0.684. The molecule has 0 saturated heterocycles. The lowest BCUT2D eigenvalue weighted by atomic mass is 10.2. The molecule has 27 heavy (non-hydrogen) atoms. The van der Waals surface area contributed by atoms with Crippen LogP contribution in [-0.4, -0.2) is 19.6 Å². The van der Waals surface area contributed by atoms with Crippen molar-refractivity contribution in [3.63, 3.8) is 0 Å². The second-order valence-electron chi connectivity index (χ2n) is 5.53. The summed E-state index contributed by atoms with van der Waals surface area (Å²) in [5.41, 5.74) is 1.91. The van der Waals surface area contributed by atoms with Gasteiger partial charge in [-0.3, -0.25) is 4.79 Å². The molecule has 0 spiro atoms. The zero-order valence-corrected chi connectivity index (χ0v) is 16.1. The number of hydrogen-bond donors (Lipinski definition) is 2. The van der Waals surface area contributed by atoms with E-state index in [0.717, 1.165) is 5.56 Å². The summed E-state index contributed by atoms with van der Waals surface area (Å²) in [7, 11) is 1.51. The number of carbonyl (C=O) groups excluding carboxylic acids is 1. The number of amides is 1. The van der Waals surface area contributed by atoms with Crippen LogP contribution in [0.1, 0.15) is 12.5 Å². The average molecular weight is 386 g/mol. The first-order valence-electron chi connectivity index (χ1n) is 8.23. The van der Waals surface area contributed by atoms with E-state index in [1.54, 1.807) is 36.4 Å². The van der Waals surface area contributed by atoms with Crippen LogP contribution in [0.4, 0.5) is 11.4 Å². The Labute approximate surface area is 163 Å². The number of nitrogens with zero attached hydrogens (tertiary/aromatic N) is 1. The lowest BCUT2D eigenvalue weighted by Gasteiger charge is -2.11. The molecule has 0 atom stereocenters. The Hall–Kier alpha value is -3.17. The van der Waals surface area contributed by atoms with Crippen LogP contribution in [-0.2, 0) is 4.79 Å². The van der Waals surface area contributed by atoms with Gasteiger partial charge in [0, 0.05) is 23.0 Å². The molecule has 0 aromatic heterocycles. The van der Waals surface area contributed by atoms with E-state index in [1.807, 2.05) is 19.9 Å². The van der Waals surface area contributed by atoms with Gasteiger partial charge in [-0.25, -0.2) is 0 Å². The number of aryl methyl sites for hydroxylation is 1. The predicted octanol–water partition coefficient (Wildman–Crippen LogP) is 4.51. The Morgan fingerprint density at radius 1 is 1.30 bits per heavy atom. The lowest BCUT2D eigenvalue weighted by Crippen LogP contribution is -2.14. The number of methoxy groups -OCH3 is 1. The lowest BCUT2D eigenvalue weighted by molar-refractivity contribution is -0.112. The highest BCUT2D eigenvalue weighted by Crippen LogP contribution is 2.31. The highest BCUT2D eigenvalue weighted by Gasteiger charge is 2.11. The summed E-state index contributed by atoms with van der Waals surface area (Å²) in [6.07, 6.45) is 1.33. The monoisotopic (exact) mass is 385 g/mol. The standard InChI is InChI=1S/C20H20ClN3O3/c1-4-27-16-7-5-15(6-8-16)24-20(25)14(11-22)12-23-18-9-13(2)17(21)10-19(18)26-3/h5-10,12,23H,4H2,1-3H3,(H,24,25)/b14-12-. The fourth-order valence-corrected chi connectivity index (χ4v) is 2.40. The third-order valence-electron chi connectivity index (χ3n) is 3.64. The zero-order chi connectivity index (χ0) is 19.8. The van der Waals surface area contributed by atoms with E-state index in [-0.39, 0.29) is 5.57 Å². The average Bonchev–Trinajstić information content (AvgIpc) is 2.66. The maximum absolute atomic E-state index is 12.3. The Balaban J connectivity index is 2.12. The van der Waals surface area contributed by atoms with E-state index < -0.39 is 5.91 Å². The van der Waals surface area contributed by atoms with Crippen LogP contribution in [0.3, 0.4) is 0 Å². The van der Waals surface area contributed by atoms with Crippen molar-refractivity contribution in [3.05, 3.63) is 58.8 Å². The van der Waals surface area contributed by atoms with Crippen molar-refractivity contribution in [2.45, 2.75) is 13.8 Å². The molecule has 0 heterocycles. The van der Waals surface area contributed by atoms with Gasteiger partial charge in [0.1, 0.15) is 23.1 Å². The zero-order valence-electron chi connectivity index (χ0n) is 15.3. The van der Waals surface area contributed by atoms with Crippen molar-refractivity contribution in [2.24, 2.45) is 0 Å². The fourth-order valence-electron chi connectivity index (χ4n) is 2.24. The van der Waals surface area contributed by atoms with Crippen LogP contribution in [0.25, 0.3) is 0 Å². The van der Waals surface area contributed by atoms with E-state index in [9.17, 15) is 10.1 Å². The first-order valence-corrected chi connectivity index (χ1v) is 8.61. The van der Waals surface area contributed by atoms with Crippen LogP contribution in [0, 0.1) is 18.3 Å². The topological polar surface area (TPSA) is 83.4 Å². The minimum Gasteiger partial charge on any atom is -0.495 e. The van der Waals surface area contributed by atoms with Crippen LogP contribution in [0.2, 0.25) is 5.02 Å². The summed E-state index contributed by atoms with van der Waals surface area (Å²) in [5, 5.41) is 15.5. The smallest absolute Gasteiger partial charge is 0.267 e. The summed E-state index contributed by atoms with van der Waals surface area (Å²) in [6, 6.07) is 12.2. The van der Waals surface area contributed by atoms with Gasteiger partial charge in [0.15, 0.2) is 0 Å². The van der Waals surface area contributed by atoms with Gasteiger partial charge in [-0.05, 0) is 49.7 Å². The number of rotatable bonds is 7. The summed E-state index contributed by atoms with van der Waals surface area (Å²) in [4.78, 5) is 12.3. The van der Waals surface area contributed by atoms with Crippen molar-refractivity contribution in [2.75, 3.05) is 24.4 Å². The molecule has 0 bridgehead atoms. The molecule has 0 radical (unpaired) electrons. The molecule has 0 saturated carbocycles. The minimum atomic E-state index is -0.529. The van der Waals surface area contributed by atoms with E-state index >= 15 is 0 Å². The van der Waals surface area contributed by atoms with Gasteiger partial charge in [-0.2, -0.15) is 5.26 Å². The molecule has 0 aliphatic rings. The van der Waals surface area contributed by atoms with E-state index in [2.05, 4.69) is 10.6 Å². The van der Waals surface area contributed by atoms with E-state index in [1.165, 1.54) is 13.3 Å². The van der Waals surface area contributed by atoms with Crippen molar-refractivity contribution < 1.29 is 14.3 Å². The van der Waals surface area contributed by atoms with Crippen molar-refractivity contribution in [1.82, 2.24) is 0 Å². The number of anilines is 2. The SMILES string of the molecule is CCOc1ccc(NC(=O)/C(C#N)=C\Nc2cc(C)c(Cl)cc2OC)cc1. The molecule has 2 aromatic carbocycles. The number of halogens is 1. The molecule has 1 amide bonds. The van der Waals surface area contributed by atoms with Gasteiger partial charge in [0.2, 0.25) is 0 Å². The molecular formula is C20H20ClN3O3. The summed E-state index contributed by atoms with van der Waals surface area (Å²) in [6.45, 7) is 4.30. The van der Waals surface area contributed by atoms with Crippen molar-refractivity contribution in [3.8, 4) is 17.6 Å². The number of hydrogen-bond acceptors (Lipinski definition) is 5. The van der Waals surface area contributed by atoms with Crippen molar-refractivity contribution >= 4 is 28.9 Å². The maximum Gasteiger partial charge on any atom is 0.267 e. The van der Waals surface area contributed by atoms with Crippen LogP contribution in [0.5, 0.6) is 11.5 Å². The van der Waals surface area contributed by atoms with Gasteiger partial charge in [0.05, 0.1) is 19.4 Å². The first kappa shape index (κ1) is 20.1. The molecule has 2 rings (SSSR count). The fraction of sp³-hybridized carbons (Fsp3) is 0.200. The highest BCUT2D eigenvalue weighted by atomic mass is 35.5. The number of ether oxygens (including phenoxy) is 2. The maximum atomic E-state index is 12.3. The van der Waals surface area contributed by atoms with Gasteiger partial charge in [-0.15, -0.1) is 0 Å². The van der Waals surface area contributed by atoms with E-state index in [0.29, 0.717) is 34.5 Å². The Kier molecular flexibility index (Phi) is 7.09. The number of nitrogens with one attached hydrogen (secondary N) is 2. The number of nitriles is 1. The molecule has 7 heteroatoms. The Morgan fingerprint density at radius 2 is 2.00 bits per heavy atom. The van der Waals surface area contributed by atoms with Crippen LogP contribution in [0.15, 0.2) is 48.2 Å². The van der Waals surface area contributed by atoms with Crippen LogP contribution >= 0.6 is 11.6 Å². The second kappa shape index (κ2) is 9.51. The van der Waals surface area contributed by atoms with Gasteiger partial charge < -0.3 is 20.1 Å². The molecule has 2 N–H and O–H groups in total. The normalized spacial score (nSPS) is 10.7. The third kappa shape index (κ3) is 5.40. The van der Waals surface area contributed by atoms with Gasteiger partial charge in [0.25, 0.3) is 5.91 Å². The molecular weight excluding hydrogens is 366 g/mol. The molecule has 0 aliphatic carbocycles. The Morgan fingerprint density at radius 3 is 2.59 bits per heavy atom. The van der Waals surface area contributed by atoms with Crippen molar-refractivity contribution in [1.29, 1.82) is 5.26 Å². The quantitative estimate of drug-likeness (QED) is 0.541. The predicted molar refractivity (Wildman–Crippen MR) is 106 cm³/mol. The minimum absolute atomic E-state index is 0.0847. The van der Waals surface area contributed by atoms with Gasteiger partial charge in [-0.1, -0.05) is 11.6 Å². The first-order chi connectivity index (χ1) is 13.0. The molecule has 0 unspecified atom stereocenters. The molecule has 0 fully saturated rings. The third-order valence-corrected chi connectivity index (χ3v) is 4.05. The largest absolute Gasteiger partial charge is 0.495 e. The van der Waals surface area contributed by atoms with E-state index in [4.69, 9.17) is 21.1 Å². The second-order valence-corrected chi connectivity index (χ2v) is 5.93. The highest BCUT2D eigenvalue weighted by molar-refractivity contribution is 6.31.